The Labute approximate surface area is 77.8 Å². The van der Waals surface area contributed by atoms with E-state index < -0.39 is 0 Å². The predicted molar refractivity (Wildman–Crippen MR) is 52.7 cm³/mol. The molecule has 3 heterocycles. The van der Waals surface area contributed by atoms with E-state index in [4.69, 9.17) is 0 Å². The molecule has 12 heavy (non-hydrogen) atoms. The van der Waals surface area contributed by atoms with Crippen LogP contribution in [0.2, 0.25) is 0 Å². The molecule has 0 aromatic carbocycles. The van der Waals surface area contributed by atoms with E-state index in [0.717, 1.165) is 22.4 Å². The number of hydrogen-bond donors (Lipinski definition) is 0. The number of anilines is 1. The molecule has 60 valence electrons. The molecule has 0 N–H and O–H groups in total. The predicted octanol–water partition coefficient (Wildman–Crippen LogP) is 1.89. The zero-order valence-electron chi connectivity index (χ0n) is 6.10. The fourth-order valence-electron chi connectivity index (χ4n) is 1.25. The third-order valence-corrected chi connectivity index (χ3v) is 3.35. The maximum Gasteiger partial charge on any atom is 0.154 e. The summed E-state index contributed by atoms with van der Waals surface area (Å²) >= 11 is 3.40. The van der Waals surface area contributed by atoms with Gasteiger partial charge in [0, 0.05) is 5.41 Å². The average molecular weight is 195 g/mol. The van der Waals surface area contributed by atoms with Gasteiger partial charge in [-0.3, -0.25) is 4.90 Å². The topological polar surface area (TPSA) is 28.5 Å². The van der Waals surface area contributed by atoms with Crippen molar-refractivity contribution in [1.82, 2.24) is 4.98 Å². The van der Waals surface area contributed by atoms with E-state index in [2.05, 4.69) is 20.3 Å². The molecule has 3 nitrogen and oxygen atoms in total. The van der Waals surface area contributed by atoms with Crippen LogP contribution in [0.5, 0.6) is 0 Å². The molecule has 5 heteroatoms. The Morgan fingerprint density at radius 2 is 2.50 bits per heavy atom. The van der Waals surface area contributed by atoms with Crippen LogP contribution in [0.1, 0.15) is 4.88 Å². The van der Waals surface area contributed by atoms with Crippen molar-refractivity contribution in [2.45, 2.75) is 0 Å². The number of aromatic nitrogens is 1. The highest BCUT2D eigenvalue weighted by Crippen LogP contribution is 2.35. The van der Waals surface area contributed by atoms with Gasteiger partial charge >= 0.3 is 0 Å². The van der Waals surface area contributed by atoms with E-state index >= 15 is 0 Å². The summed E-state index contributed by atoms with van der Waals surface area (Å²) in [5, 5.41) is 2.07. The minimum absolute atomic E-state index is 0.948. The van der Waals surface area contributed by atoms with Crippen LogP contribution in [0.15, 0.2) is 21.7 Å². The van der Waals surface area contributed by atoms with Crippen molar-refractivity contribution in [3.05, 3.63) is 21.6 Å². The highest BCUT2D eigenvalue weighted by atomic mass is 32.2. The van der Waals surface area contributed by atoms with E-state index in [1.54, 1.807) is 23.1 Å². The Balaban J connectivity index is 2.20. The summed E-state index contributed by atoms with van der Waals surface area (Å²) in [7, 11) is 0. The van der Waals surface area contributed by atoms with Gasteiger partial charge in [-0.1, -0.05) is 0 Å². The molecule has 0 unspecified atom stereocenters. The minimum atomic E-state index is 0.948. The molecule has 3 rings (SSSR count). The Hall–Kier alpha value is -0.810. The fourth-order valence-corrected chi connectivity index (χ4v) is 2.71. The first-order chi connectivity index (χ1) is 5.95. The van der Waals surface area contributed by atoms with Gasteiger partial charge in [0.1, 0.15) is 5.82 Å². The zero-order chi connectivity index (χ0) is 7.97. The van der Waals surface area contributed by atoms with Gasteiger partial charge in [0.25, 0.3) is 0 Å². The fraction of sp³-hybridized carbons (Fsp3) is 0.143. The van der Waals surface area contributed by atoms with Crippen molar-refractivity contribution in [2.75, 3.05) is 10.8 Å². The van der Waals surface area contributed by atoms with Crippen LogP contribution in [-0.2, 0) is 0 Å². The summed E-state index contributed by atoms with van der Waals surface area (Å²) in [5.41, 5.74) is 1.86. The minimum Gasteiger partial charge on any atom is -0.299 e. The smallest absolute Gasteiger partial charge is 0.154 e. The average Bonchev–Trinajstić information content (AvgIpc) is 2.71. The van der Waals surface area contributed by atoms with Crippen LogP contribution >= 0.6 is 23.1 Å². The van der Waals surface area contributed by atoms with Crippen LogP contribution in [0.4, 0.5) is 5.82 Å². The van der Waals surface area contributed by atoms with Crippen LogP contribution in [0, 0.1) is 0 Å². The molecule has 1 aromatic rings. The van der Waals surface area contributed by atoms with Gasteiger partial charge in [0.05, 0.1) is 22.5 Å². The van der Waals surface area contributed by atoms with Gasteiger partial charge in [-0.15, -0.1) is 23.1 Å². The molecule has 0 aliphatic carbocycles. The molecule has 0 saturated heterocycles. The van der Waals surface area contributed by atoms with E-state index in [1.165, 1.54) is 0 Å². The summed E-state index contributed by atoms with van der Waals surface area (Å²) in [6, 6.07) is 0. The number of thiazole rings is 1. The van der Waals surface area contributed by atoms with Crippen molar-refractivity contribution in [3.8, 4) is 0 Å². The second-order valence-corrected chi connectivity index (χ2v) is 4.21. The largest absolute Gasteiger partial charge is 0.299 e. The molecule has 0 bridgehead atoms. The number of rotatable bonds is 0. The summed E-state index contributed by atoms with van der Waals surface area (Å²) in [4.78, 5) is 11.9. The van der Waals surface area contributed by atoms with Crippen LogP contribution in [-0.4, -0.2) is 17.1 Å². The first-order valence-corrected chi connectivity index (χ1v) is 5.45. The molecule has 2 aliphatic heterocycles. The normalized spacial score (nSPS) is 19.0. The molecule has 0 fully saturated rings. The van der Waals surface area contributed by atoms with Crippen molar-refractivity contribution < 1.29 is 0 Å². The maximum absolute atomic E-state index is 4.32. The second-order valence-electron chi connectivity index (χ2n) is 2.50. The Bertz CT molecular complexity index is 380. The maximum atomic E-state index is 4.32. The third kappa shape index (κ3) is 0.776. The van der Waals surface area contributed by atoms with Crippen molar-refractivity contribution in [2.24, 2.45) is 4.99 Å². The van der Waals surface area contributed by atoms with Crippen molar-refractivity contribution >= 4 is 35.1 Å². The molecule has 0 radical (unpaired) electrons. The van der Waals surface area contributed by atoms with E-state index in [9.17, 15) is 0 Å². The number of nitrogens with zero attached hydrogens (tertiary/aromatic N) is 3. The number of fused-ring (bicyclic) bond motifs is 3. The summed E-state index contributed by atoms with van der Waals surface area (Å²) in [6.07, 6.45) is 1.89. The van der Waals surface area contributed by atoms with Gasteiger partial charge in [0.15, 0.2) is 5.82 Å². The first-order valence-electron chi connectivity index (χ1n) is 3.52. The monoisotopic (exact) mass is 195 g/mol. The summed E-state index contributed by atoms with van der Waals surface area (Å²) < 4.78 is 0. The molecule has 0 spiro atoms. The molecule has 2 aliphatic rings. The highest BCUT2D eigenvalue weighted by Gasteiger charge is 2.24. The van der Waals surface area contributed by atoms with Crippen molar-refractivity contribution in [1.29, 1.82) is 0 Å². The van der Waals surface area contributed by atoms with E-state index in [0.29, 0.717) is 0 Å². The lowest BCUT2D eigenvalue weighted by atomic mass is 10.4. The van der Waals surface area contributed by atoms with Gasteiger partial charge in [0.2, 0.25) is 0 Å². The Morgan fingerprint density at radius 1 is 1.50 bits per heavy atom. The van der Waals surface area contributed by atoms with Gasteiger partial charge < -0.3 is 0 Å². The number of hydrogen-bond acceptors (Lipinski definition) is 5. The quantitative estimate of drug-likeness (QED) is 0.633. The highest BCUT2D eigenvalue weighted by molar-refractivity contribution is 8.02. The molecule has 1 aromatic heterocycles. The standard InChI is InChI=1S/C7H5N3S2/c1-5-7(9-3-12-5)10-4-11-2-6(10)8-1/h1-3H,4H2. The zero-order valence-corrected chi connectivity index (χ0v) is 7.73. The summed E-state index contributed by atoms with van der Waals surface area (Å²) in [5.74, 6) is 3.04. The van der Waals surface area contributed by atoms with Crippen LogP contribution < -0.4 is 4.90 Å². The summed E-state index contributed by atoms with van der Waals surface area (Å²) in [6.45, 7) is 0. The Morgan fingerprint density at radius 3 is 3.50 bits per heavy atom. The van der Waals surface area contributed by atoms with Gasteiger partial charge in [-0.25, -0.2) is 9.98 Å². The number of aliphatic imine (C=N–C) groups is 1. The molecule has 0 saturated carbocycles. The van der Waals surface area contributed by atoms with Crippen LogP contribution in [0.25, 0.3) is 0 Å². The van der Waals surface area contributed by atoms with E-state index in [1.807, 2.05) is 11.7 Å². The third-order valence-electron chi connectivity index (χ3n) is 1.81. The van der Waals surface area contributed by atoms with Gasteiger partial charge in [-0.05, 0) is 0 Å². The van der Waals surface area contributed by atoms with Crippen molar-refractivity contribution in [3.63, 3.8) is 0 Å². The molecular formula is C7H5N3S2. The van der Waals surface area contributed by atoms with Crippen LogP contribution in [0.3, 0.4) is 0 Å². The number of thioether (sulfide) groups is 1. The lowest BCUT2D eigenvalue weighted by Gasteiger charge is -2.19. The molecule has 0 amide bonds. The Kier molecular flexibility index (Phi) is 1.30. The van der Waals surface area contributed by atoms with Gasteiger partial charge in [-0.2, -0.15) is 0 Å². The SMILES string of the molecule is C1=NC2=CSCN2c2ncsc21. The second kappa shape index (κ2) is 2.34. The van der Waals surface area contributed by atoms with E-state index in [-0.39, 0.29) is 0 Å². The lowest BCUT2D eigenvalue weighted by molar-refractivity contribution is 1.02. The molecule has 0 atom stereocenters. The molecular weight excluding hydrogens is 190 g/mol. The lowest BCUT2D eigenvalue weighted by Crippen LogP contribution is -2.20. The first kappa shape index (κ1) is 6.68.